The van der Waals surface area contributed by atoms with E-state index in [4.69, 9.17) is 4.74 Å². The highest BCUT2D eigenvalue weighted by molar-refractivity contribution is 7.14. The van der Waals surface area contributed by atoms with E-state index in [2.05, 4.69) is 15.6 Å². The van der Waals surface area contributed by atoms with Crippen molar-refractivity contribution in [3.8, 4) is 5.75 Å². The zero-order chi connectivity index (χ0) is 15.4. The molecule has 1 heterocycles. The lowest BCUT2D eigenvalue weighted by Crippen LogP contribution is -2.15. The number of hydrogen-bond acceptors (Lipinski definition) is 5. The molecule has 1 amide bonds. The highest BCUT2D eigenvalue weighted by Crippen LogP contribution is 2.22. The van der Waals surface area contributed by atoms with Crippen molar-refractivity contribution >= 4 is 22.4 Å². The Bertz CT molecular complexity index is 645. The Hall–Kier alpha value is -1.99. The number of amides is 1. The summed E-state index contributed by atoms with van der Waals surface area (Å²) >= 11 is 1.30. The fourth-order valence-electron chi connectivity index (χ4n) is 1.66. The van der Waals surface area contributed by atoms with E-state index in [-0.39, 0.29) is 11.6 Å². The summed E-state index contributed by atoms with van der Waals surface area (Å²) < 4.78 is 18.7. The van der Waals surface area contributed by atoms with Gasteiger partial charge in [-0.1, -0.05) is 0 Å². The van der Waals surface area contributed by atoms with E-state index >= 15 is 0 Å². The summed E-state index contributed by atoms with van der Waals surface area (Å²) in [6.07, 6.45) is 0. The molecule has 0 aliphatic heterocycles. The van der Waals surface area contributed by atoms with E-state index < -0.39 is 11.7 Å². The molecule has 112 valence electrons. The zero-order valence-electron chi connectivity index (χ0n) is 11.9. The molecule has 21 heavy (non-hydrogen) atoms. The second-order valence-electron chi connectivity index (χ2n) is 4.39. The number of carbonyl (C=O) groups excluding carboxylic acids is 1. The predicted molar refractivity (Wildman–Crippen MR) is 80.5 cm³/mol. The third kappa shape index (κ3) is 3.56. The van der Waals surface area contributed by atoms with Crippen LogP contribution in [0.1, 0.15) is 29.0 Å². The number of carbonyl (C=O) groups is 1. The molecule has 1 atom stereocenters. The van der Waals surface area contributed by atoms with Gasteiger partial charge in [0.05, 0.1) is 18.4 Å². The first kappa shape index (κ1) is 15.4. The number of thiazole rings is 1. The molecule has 0 spiro atoms. The molecule has 7 heteroatoms. The number of hydrogen-bond donors (Lipinski definition) is 2. The fourth-order valence-corrected chi connectivity index (χ4v) is 2.46. The molecular formula is C14H16FN3O2S. The maximum absolute atomic E-state index is 13.8. The molecule has 2 N–H and O–H groups in total. The highest BCUT2D eigenvalue weighted by atomic mass is 32.1. The lowest BCUT2D eigenvalue weighted by atomic mass is 10.2. The number of benzene rings is 1. The summed E-state index contributed by atoms with van der Waals surface area (Å²) in [5.41, 5.74) is 0.780. The topological polar surface area (TPSA) is 63.2 Å². The fraction of sp³-hybridized carbons (Fsp3) is 0.286. The molecular weight excluding hydrogens is 293 g/mol. The summed E-state index contributed by atoms with van der Waals surface area (Å²) in [6, 6.07) is 4.18. The van der Waals surface area contributed by atoms with Crippen molar-refractivity contribution in [3.63, 3.8) is 0 Å². The van der Waals surface area contributed by atoms with Gasteiger partial charge in [-0.15, -0.1) is 11.3 Å². The molecule has 0 saturated heterocycles. The first-order valence-corrected chi connectivity index (χ1v) is 7.20. The molecule has 1 aromatic heterocycles. The number of nitrogens with zero attached hydrogens (tertiary/aromatic N) is 1. The maximum atomic E-state index is 13.8. The molecule has 0 fully saturated rings. The highest BCUT2D eigenvalue weighted by Gasteiger charge is 2.15. The third-order valence-corrected chi connectivity index (χ3v) is 3.82. The van der Waals surface area contributed by atoms with E-state index in [0.29, 0.717) is 10.9 Å². The minimum absolute atomic E-state index is 0.0470. The lowest BCUT2D eigenvalue weighted by Gasteiger charge is -2.06. The second-order valence-corrected chi connectivity index (χ2v) is 5.25. The van der Waals surface area contributed by atoms with Crippen molar-refractivity contribution in [2.24, 2.45) is 0 Å². The first-order chi connectivity index (χ1) is 10.0. The minimum Gasteiger partial charge on any atom is -0.497 e. The monoisotopic (exact) mass is 309 g/mol. The van der Waals surface area contributed by atoms with Gasteiger partial charge < -0.3 is 10.1 Å². The largest absolute Gasteiger partial charge is 0.497 e. The normalized spacial score (nSPS) is 12.0. The summed E-state index contributed by atoms with van der Waals surface area (Å²) in [6.45, 7) is 1.96. The van der Waals surface area contributed by atoms with E-state index in [1.165, 1.54) is 36.6 Å². The standard InChI is InChI=1S/C14H16FN3O2S/c1-8(16-2)12-7-21-14(17-12)18-13(19)10-5-4-9(20-3)6-11(10)15/h4-8,16H,1-3H3,(H,17,18,19). The van der Waals surface area contributed by atoms with Crippen LogP contribution in [0.3, 0.4) is 0 Å². The zero-order valence-corrected chi connectivity index (χ0v) is 12.8. The van der Waals surface area contributed by atoms with Crippen LogP contribution in [-0.4, -0.2) is 25.0 Å². The van der Waals surface area contributed by atoms with E-state index in [9.17, 15) is 9.18 Å². The Morgan fingerprint density at radius 2 is 2.24 bits per heavy atom. The van der Waals surface area contributed by atoms with Crippen LogP contribution in [0.4, 0.5) is 9.52 Å². The van der Waals surface area contributed by atoms with Crippen molar-refractivity contribution in [1.82, 2.24) is 10.3 Å². The molecule has 0 bridgehead atoms. The van der Waals surface area contributed by atoms with Crippen molar-refractivity contribution < 1.29 is 13.9 Å². The van der Waals surface area contributed by atoms with Gasteiger partial charge in [-0.3, -0.25) is 10.1 Å². The van der Waals surface area contributed by atoms with Crippen molar-refractivity contribution in [3.05, 3.63) is 40.7 Å². The van der Waals surface area contributed by atoms with E-state index in [1.54, 1.807) is 0 Å². The van der Waals surface area contributed by atoms with Gasteiger partial charge in [0.2, 0.25) is 0 Å². The van der Waals surface area contributed by atoms with Crippen LogP contribution in [0.25, 0.3) is 0 Å². The summed E-state index contributed by atoms with van der Waals surface area (Å²) in [5, 5.41) is 7.94. The Kier molecular flexibility index (Phi) is 4.87. The number of aromatic nitrogens is 1. The van der Waals surface area contributed by atoms with Gasteiger partial charge >= 0.3 is 0 Å². The summed E-state index contributed by atoms with van der Waals surface area (Å²) in [5.74, 6) is -0.802. The van der Waals surface area contributed by atoms with Crippen LogP contribution in [0.2, 0.25) is 0 Å². The Balaban J connectivity index is 2.12. The van der Waals surface area contributed by atoms with Gasteiger partial charge in [0, 0.05) is 17.5 Å². The average molecular weight is 309 g/mol. The van der Waals surface area contributed by atoms with Gasteiger partial charge in [-0.2, -0.15) is 0 Å². The minimum atomic E-state index is -0.632. The first-order valence-electron chi connectivity index (χ1n) is 6.32. The molecule has 5 nitrogen and oxygen atoms in total. The van der Waals surface area contributed by atoms with E-state index in [1.807, 2.05) is 19.4 Å². The molecule has 2 aromatic rings. The second kappa shape index (κ2) is 6.64. The van der Waals surface area contributed by atoms with Gasteiger partial charge in [-0.25, -0.2) is 9.37 Å². The van der Waals surface area contributed by atoms with Crippen molar-refractivity contribution in [1.29, 1.82) is 0 Å². The van der Waals surface area contributed by atoms with Gasteiger partial charge in [0.15, 0.2) is 5.13 Å². The Morgan fingerprint density at radius 1 is 1.48 bits per heavy atom. The van der Waals surface area contributed by atoms with Crippen molar-refractivity contribution in [2.75, 3.05) is 19.5 Å². The van der Waals surface area contributed by atoms with E-state index in [0.717, 1.165) is 5.69 Å². The molecule has 0 aliphatic carbocycles. The number of methoxy groups -OCH3 is 1. The number of halogens is 1. The summed E-state index contributed by atoms with van der Waals surface area (Å²) in [4.78, 5) is 16.3. The number of rotatable bonds is 5. The van der Waals surface area contributed by atoms with Gasteiger partial charge in [-0.05, 0) is 26.1 Å². The van der Waals surface area contributed by atoms with Crippen LogP contribution in [-0.2, 0) is 0 Å². The maximum Gasteiger partial charge on any atom is 0.260 e. The average Bonchev–Trinajstić information content (AvgIpc) is 2.94. The quantitative estimate of drug-likeness (QED) is 0.891. The molecule has 1 aromatic carbocycles. The summed E-state index contributed by atoms with van der Waals surface area (Å²) in [7, 11) is 3.27. The third-order valence-electron chi connectivity index (χ3n) is 3.04. The number of ether oxygens (including phenoxy) is 1. The van der Waals surface area contributed by atoms with Crippen LogP contribution in [0, 0.1) is 5.82 Å². The number of anilines is 1. The molecule has 2 rings (SSSR count). The smallest absolute Gasteiger partial charge is 0.260 e. The van der Waals surface area contributed by atoms with Crippen LogP contribution in [0.5, 0.6) is 5.75 Å². The Labute approximate surface area is 126 Å². The predicted octanol–water partition coefficient (Wildman–Crippen LogP) is 2.82. The van der Waals surface area contributed by atoms with Gasteiger partial charge in [0.1, 0.15) is 11.6 Å². The van der Waals surface area contributed by atoms with Gasteiger partial charge in [0.25, 0.3) is 5.91 Å². The van der Waals surface area contributed by atoms with Crippen LogP contribution < -0.4 is 15.4 Å². The van der Waals surface area contributed by atoms with Crippen LogP contribution in [0.15, 0.2) is 23.6 Å². The molecule has 1 unspecified atom stereocenters. The molecule has 0 aliphatic rings. The lowest BCUT2D eigenvalue weighted by molar-refractivity contribution is 0.102. The van der Waals surface area contributed by atoms with Crippen LogP contribution >= 0.6 is 11.3 Å². The molecule has 0 radical (unpaired) electrons. The Morgan fingerprint density at radius 3 is 2.86 bits per heavy atom. The van der Waals surface area contributed by atoms with Crippen molar-refractivity contribution in [2.45, 2.75) is 13.0 Å². The molecule has 0 saturated carbocycles. The number of nitrogens with one attached hydrogen (secondary N) is 2. The SMILES string of the molecule is CNC(C)c1csc(NC(=O)c2ccc(OC)cc2F)n1.